The van der Waals surface area contributed by atoms with Crippen molar-refractivity contribution in [1.29, 1.82) is 0 Å². The van der Waals surface area contributed by atoms with Crippen LogP contribution in [-0.2, 0) is 9.47 Å². The topological polar surface area (TPSA) is 103 Å². The van der Waals surface area contributed by atoms with Gasteiger partial charge in [-0.25, -0.2) is 14.6 Å². The SMILES string of the molecule is C#CCOc1cnc(N(C(=O)OC(C)(C)C)C(=O)OC(C)(C)C)nc1NCCC. The Morgan fingerprint density at radius 3 is 2.14 bits per heavy atom. The molecule has 0 bridgehead atoms. The summed E-state index contributed by atoms with van der Waals surface area (Å²) in [6.07, 6.45) is 5.48. The zero-order valence-electron chi connectivity index (χ0n) is 18.2. The predicted molar refractivity (Wildman–Crippen MR) is 110 cm³/mol. The Morgan fingerprint density at radius 1 is 1.14 bits per heavy atom. The second kappa shape index (κ2) is 9.96. The van der Waals surface area contributed by atoms with Crippen molar-refractivity contribution >= 4 is 24.0 Å². The van der Waals surface area contributed by atoms with Crippen LogP contribution in [-0.4, -0.2) is 46.5 Å². The lowest BCUT2D eigenvalue weighted by Crippen LogP contribution is -2.44. The molecule has 1 N–H and O–H groups in total. The molecule has 0 fully saturated rings. The van der Waals surface area contributed by atoms with Crippen molar-refractivity contribution in [1.82, 2.24) is 9.97 Å². The van der Waals surface area contributed by atoms with Crippen LogP contribution >= 0.6 is 0 Å². The molecule has 0 saturated carbocycles. The van der Waals surface area contributed by atoms with E-state index in [0.29, 0.717) is 23.0 Å². The van der Waals surface area contributed by atoms with Crippen LogP contribution in [0.2, 0.25) is 0 Å². The third kappa shape index (κ3) is 8.25. The molecule has 160 valence electrons. The van der Waals surface area contributed by atoms with Gasteiger partial charge in [-0.2, -0.15) is 4.98 Å². The smallest absolute Gasteiger partial charge is 0.427 e. The summed E-state index contributed by atoms with van der Waals surface area (Å²) >= 11 is 0. The zero-order chi connectivity index (χ0) is 22.2. The predicted octanol–water partition coefficient (Wildman–Crippen LogP) is 3.99. The van der Waals surface area contributed by atoms with Crippen molar-refractivity contribution in [3.05, 3.63) is 6.20 Å². The Bertz CT molecular complexity index is 732. The number of rotatable bonds is 6. The maximum absolute atomic E-state index is 12.7. The molecule has 0 saturated heterocycles. The molecule has 1 aromatic heterocycles. The summed E-state index contributed by atoms with van der Waals surface area (Å²) in [5.74, 6) is 2.75. The summed E-state index contributed by atoms with van der Waals surface area (Å²) in [6.45, 7) is 12.7. The number of carbonyl (C=O) groups excluding carboxylic acids is 2. The van der Waals surface area contributed by atoms with Crippen LogP contribution in [0, 0.1) is 12.3 Å². The van der Waals surface area contributed by atoms with E-state index in [1.54, 1.807) is 41.5 Å². The number of ether oxygens (including phenoxy) is 3. The van der Waals surface area contributed by atoms with E-state index < -0.39 is 23.4 Å². The third-order valence-electron chi connectivity index (χ3n) is 2.95. The summed E-state index contributed by atoms with van der Waals surface area (Å²) in [4.78, 5) is 34.4. The average molecular weight is 406 g/mol. The lowest BCUT2D eigenvalue weighted by molar-refractivity contribution is 0.0427. The lowest BCUT2D eigenvalue weighted by Gasteiger charge is -2.27. The fourth-order valence-corrected chi connectivity index (χ4v) is 1.92. The molecule has 1 heterocycles. The monoisotopic (exact) mass is 406 g/mol. The molecular formula is C20H30N4O5. The van der Waals surface area contributed by atoms with Crippen molar-refractivity contribution in [3.63, 3.8) is 0 Å². The molecule has 1 rings (SSSR count). The molecule has 1 aromatic rings. The minimum atomic E-state index is -0.953. The number of amides is 2. The number of terminal acetylenes is 1. The van der Waals surface area contributed by atoms with E-state index in [-0.39, 0.29) is 12.6 Å². The first kappa shape index (κ1) is 24.0. The molecule has 0 aliphatic heterocycles. The van der Waals surface area contributed by atoms with Crippen molar-refractivity contribution in [2.45, 2.75) is 66.1 Å². The Balaban J connectivity index is 3.36. The molecule has 29 heavy (non-hydrogen) atoms. The maximum atomic E-state index is 12.7. The third-order valence-corrected chi connectivity index (χ3v) is 2.95. The number of nitrogens with one attached hydrogen (secondary N) is 1. The summed E-state index contributed by atoms with van der Waals surface area (Å²) in [7, 11) is 0. The molecular weight excluding hydrogens is 376 g/mol. The number of hydrogen-bond donors (Lipinski definition) is 1. The molecule has 0 unspecified atom stereocenters. The zero-order valence-corrected chi connectivity index (χ0v) is 18.2. The second-order valence-electron chi connectivity index (χ2n) is 8.10. The van der Waals surface area contributed by atoms with Gasteiger partial charge in [-0.15, -0.1) is 11.3 Å². The van der Waals surface area contributed by atoms with Gasteiger partial charge in [0.1, 0.15) is 17.8 Å². The number of hydrogen-bond acceptors (Lipinski definition) is 8. The van der Waals surface area contributed by atoms with Gasteiger partial charge in [0.2, 0.25) is 5.95 Å². The number of imide groups is 1. The highest BCUT2D eigenvalue weighted by molar-refractivity contribution is 6.08. The fraction of sp³-hybridized carbons (Fsp3) is 0.600. The largest absolute Gasteiger partial charge is 0.475 e. The minimum Gasteiger partial charge on any atom is -0.475 e. The van der Waals surface area contributed by atoms with Crippen molar-refractivity contribution in [2.75, 3.05) is 23.4 Å². The molecule has 0 radical (unpaired) electrons. The molecule has 9 nitrogen and oxygen atoms in total. The second-order valence-corrected chi connectivity index (χ2v) is 8.10. The van der Waals surface area contributed by atoms with Crippen LogP contribution in [0.25, 0.3) is 0 Å². The summed E-state index contributed by atoms with van der Waals surface area (Å²) in [6, 6.07) is 0. The van der Waals surface area contributed by atoms with E-state index >= 15 is 0 Å². The highest BCUT2D eigenvalue weighted by atomic mass is 16.6. The Labute approximate surface area is 172 Å². The van der Waals surface area contributed by atoms with Crippen LogP contribution in [0.15, 0.2) is 6.20 Å². The van der Waals surface area contributed by atoms with Crippen LogP contribution in [0.1, 0.15) is 54.9 Å². The van der Waals surface area contributed by atoms with E-state index in [2.05, 4.69) is 21.2 Å². The molecule has 2 amide bonds. The first-order chi connectivity index (χ1) is 13.4. The summed E-state index contributed by atoms with van der Waals surface area (Å²) in [5, 5.41) is 3.07. The lowest BCUT2D eigenvalue weighted by atomic mass is 10.2. The van der Waals surface area contributed by atoms with Crippen molar-refractivity contribution < 1.29 is 23.8 Å². The van der Waals surface area contributed by atoms with Gasteiger partial charge in [-0.3, -0.25) is 0 Å². The Kier molecular flexibility index (Phi) is 8.25. The molecule has 0 aliphatic carbocycles. The van der Waals surface area contributed by atoms with Gasteiger partial charge in [0.05, 0.1) is 6.20 Å². The van der Waals surface area contributed by atoms with Gasteiger partial charge in [0.25, 0.3) is 0 Å². The van der Waals surface area contributed by atoms with Gasteiger partial charge >= 0.3 is 12.2 Å². The van der Waals surface area contributed by atoms with Crippen LogP contribution in [0.5, 0.6) is 5.75 Å². The number of carbonyl (C=O) groups is 2. The van der Waals surface area contributed by atoms with Crippen LogP contribution in [0.4, 0.5) is 21.4 Å². The van der Waals surface area contributed by atoms with Gasteiger partial charge in [-0.05, 0) is 48.0 Å². The number of anilines is 2. The first-order valence-electron chi connectivity index (χ1n) is 9.31. The maximum Gasteiger partial charge on any atom is 0.427 e. The normalized spacial score (nSPS) is 11.2. The van der Waals surface area contributed by atoms with E-state index in [0.717, 1.165) is 6.42 Å². The van der Waals surface area contributed by atoms with E-state index in [1.807, 2.05) is 6.92 Å². The molecule has 0 spiro atoms. The van der Waals surface area contributed by atoms with E-state index in [1.165, 1.54) is 6.20 Å². The van der Waals surface area contributed by atoms with E-state index in [4.69, 9.17) is 20.6 Å². The molecule has 9 heteroatoms. The quantitative estimate of drug-likeness (QED) is 0.708. The van der Waals surface area contributed by atoms with Gasteiger partial charge in [0.15, 0.2) is 11.6 Å². The Hall–Kier alpha value is -3.02. The Morgan fingerprint density at radius 2 is 1.69 bits per heavy atom. The number of nitrogens with zero attached hydrogens (tertiary/aromatic N) is 3. The number of aromatic nitrogens is 2. The van der Waals surface area contributed by atoms with Crippen LogP contribution < -0.4 is 15.0 Å². The highest BCUT2D eigenvalue weighted by Gasteiger charge is 2.35. The standard InChI is InChI=1S/C20H30N4O5/c1-9-11-21-15-14(27-12-10-2)13-22-16(23-15)24(17(25)28-19(3,4)5)18(26)29-20(6,7)8/h2,13H,9,11-12H2,1,3-8H3,(H,21,22,23). The van der Waals surface area contributed by atoms with Crippen molar-refractivity contribution in [2.24, 2.45) is 0 Å². The summed E-state index contributed by atoms with van der Waals surface area (Å²) in [5.41, 5.74) is -1.67. The van der Waals surface area contributed by atoms with Gasteiger partial charge in [-0.1, -0.05) is 12.8 Å². The van der Waals surface area contributed by atoms with E-state index in [9.17, 15) is 9.59 Å². The summed E-state index contributed by atoms with van der Waals surface area (Å²) < 4.78 is 16.1. The molecule has 0 aliphatic rings. The van der Waals surface area contributed by atoms with Gasteiger partial charge in [0, 0.05) is 6.54 Å². The average Bonchev–Trinajstić information content (AvgIpc) is 2.55. The molecule has 0 atom stereocenters. The van der Waals surface area contributed by atoms with Gasteiger partial charge < -0.3 is 19.5 Å². The molecule has 0 aromatic carbocycles. The van der Waals surface area contributed by atoms with Crippen molar-refractivity contribution in [3.8, 4) is 18.1 Å². The van der Waals surface area contributed by atoms with Crippen LogP contribution in [0.3, 0.4) is 0 Å². The highest BCUT2D eigenvalue weighted by Crippen LogP contribution is 2.26. The first-order valence-corrected chi connectivity index (χ1v) is 9.31. The minimum absolute atomic E-state index is 0.0192. The fourth-order valence-electron chi connectivity index (χ4n) is 1.92.